The average Bonchev–Trinajstić information content (AvgIpc) is 1.85. The van der Waals surface area contributed by atoms with Crippen molar-refractivity contribution in [1.29, 1.82) is 0 Å². The Hall–Kier alpha value is -0.580. The van der Waals surface area contributed by atoms with E-state index in [1.54, 1.807) is 0 Å². The largest absolute Gasteiger partial charge is 0.398 e. The van der Waals surface area contributed by atoms with Crippen molar-refractivity contribution in [2.24, 2.45) is 0 Å². The molecule has 0 fully saturated rings. The highest BCUT2D eigenvalue weighted by atomic mass is 35.5. The molecule has 0 spiro atoms. The number of benzene rings is 1. The fourth-order valence-corrected chi connectivity index (χ4v) is 1.30. The van der Waals surface area contributed by atoms with Gasteiger partial charge in [0.15, 0.2) is 11.1 Å². The van der Waals surface area contributed by atoms with Gasteiger partial charge < -0.3 is 10.3 Å². The molecule has 0 aliphatic rings. The molecule has 0 saturated heterocycles. The fourth-order valence-electron chi connectivity index (χ4n) is 0.678. The quantitative estimate of drug-likeness (QED) is 0.523. The van der Waals surface area contributed by atoms with Gasteiger partial charge >= 0.3 is 0 Å². The van der Waals surface area contributed by atoms with Crippen molar-refractivity contribution in [1.82, 2.24) is 0 Å². The number of nitrogen functional groups attached to an aromatic ring is 1. The van der Waals surface area contributed by atoms with Crippen molar-refractivity contribution in [2.45, 2.75) is 4.90 Å². The van der Waals surface area contributed by atoms with Gasteiger partial charge in [0.25, 0.3) is 0 Å². The summed E-state index contributed by atoms with van der Waals surface area (Å²) in [4.78, 5) is 0.189. The zero-order valence-electron chi connectivity index (χ0n) is 5.45. The van der Waals surface area contributed by atoms with Crippen LogP contribution in [0, 0.1) is 0 Å². The molecule has 1 atom stereocenters. The van der Waals surface area contributed by atoms with E-state index in [0.717, 1.165) is 0 Å². The Morgan fingerprint density at radius 1 is 1.55 bits per heavy atom. The van der Waals surface area contributed by atoms with E-state index in [-0.39, 0.29) is 10.6 Å². The molecule has 0 aliphatic heterocycles. The first-order valence-corrected chi connectivity index (χ1v) is 4.25. The maximum absolute atomic E-state index is 10.5. The van der Waals surface area contributed by atoms with E-state index in [2.05, 4.69) is 0 Å². The molecule has 1 unspecified atom stereocenters. The summed E-state index contributed by atoms with van der Waals surface area (Å²) in [5.41, 5.74) is 5.62. The maximum atomic E-state index is 10.5. The van der Waals surface area contributed by atoms with Gasteiger partial charge in [0, 0.05) is 5.02 Å². The van der Waals surface area contributed by atoms with E-state index in [4.69, 9.17) is 21.9 Å². The Labute approximate surface area is 71.5 Å². The first-order valence-electron chi connectivity index (χ1n) is 2.77. The van der Waals surface area contributed by atoms with E-state index >= 15 is 0 Å². The third kappa shape index (κ3) is 1.92. The molecule has 0 bridgehead atoms. The Balaban J connectivity index is 3.20. The number of nitrogens with two attached hydrogens (primary N) is 1. The first kappa shape index (κ1) is 8.52. The number of hydrogen-bond acceptors (Lipinski definition) is 2. The Morgan fingerprint density at radius 2 is 2.18 bits per heavy atom. The van der Waals surface area contributed by atoms with Crippen LogP contribution in [0.25, 0.3) is 0 Å². The number of halogens is 1. The van der Waals surface area contributed by atoms with E-state index in [0.29, 0.717) is 5.02 Å². The molecular weight excluding hydrogens is 186 g/mol. The van der Waals surface area contributed by atoms with Gasteiger partial charge in [-0.15, -0.1) is 0 Å². The van der Waals surface area contributed by atoms with Crippen LogP contribution in [-0.2, 0) is 11.1 Å². The van der Waals surface area contributed by atoms with E-state index in [9.17, 15) is 4.21 Å². The van der Waals surface area contributed by atoms with Gasteiger partial charge in [0.2, 0.25) is 0 Å². The van der Waals surface area contributed by atoms with Crippen molar-refractivity contribution >= 4 is 28.4 Å². The summed E-state index contributed by atoms with van der Waals surface area (Å²) in [6.45, 7) is 0. The lowest BCUT2D eigenvalue weighted by molar-refractivity contribution is 0.565. The smallest absolute Gasteiger partial charge is 0.188 e. The normalized spacial score (nSPS) is 12.9. The molecule has 60 valence electrons. The predicted octanol–water partition coefficient (Wildman–Crippen LogP) is 1.50. The second-order valence-corrected chi connectivity index (χ2v) is 3.31. The van der Waals surface area contributed by atoms with Crippen molar-refractivity contribution in [3.63, 3.8) is 0 Å². The molecule has 3 nitrogen and oxygen atoms in total. The van der Waals surface area contributed by atoms with Crippen LogP contribution in [0.2, 0.25) is 5.02 Å². The summed E-state index contributed by atoms with van der Waals surface area (Å²) >= 11 is 3.53. The lowest BCUT2D eigenvalue weighted by atomic mass is 10.3. The zero-order chi connectivity index (χ0) is 8.43. The lowest BCUT2D eigenvalue weighted by Gasteiger charge is -1.99. The van der Waals surface area contributed by atoms with Gasteiger partial charge in [-0.2, -0.15) is 0 Å². The zero-order valence-corrected chi connectivity index (χ0v) is 7.02. The second-order valence-electron chi connectivity index (χ2n) is 1.93. The van der Waals surface area contributed by atoms with Gasteiger partial charge in [-0.1, -0.05) is 11.6 Å². The second kappa shape index (κ2) is 3.21. The molecular formula is C6H6ClNO2S. The monoisotopic (exact) mass is 191 g/mol. The summed E-state index contributed by atoms with van der Waals surface area (Å²) in [6.07, 6.45) is 0. The topological polar surface area (TPSA) is 63.3 Å². The van der Waals surface area contributed by atoms with Crippen molar-refractivity contribution < 1.29 is 8.76 Å². The SMILES string of the molecule is Nc1cc(Cl)ccc1S(=O)O. The van der Waals surface area contributed by atoms with Crippen LogP contribution in [0.5, 0.6) is 0 Å². The molecule has 0 amide bonds. The maximum Gasteiger partial charge on any atom is 0.188 e. The number of rotatable bonds is 1. The van der Waals surface area contributed by atoms with Crippen LogP contribution in [0.3, 0.4) is 0 Å². The molecule has 3 N–H and O–H groups in total. The molecule has 0 radical (unpaired) electrons. The molecule has 1 aromatic rings. The van der Waals surface area contributed by atoms with Crippen LogP contribution >= 0.6 is 11.6 Å². The molecule has 1 aromatic carbocycles. The van der Waals surface area contributed by atoms with Crippen LogP contribution in [-0.4, -0.2) is 8.76 Å². The third-order valence-electron chi connectivity index (χ3n) is 1.16. The minimum atomic E-state index is -2.03. The van der Waals surface area contributed by atoms with Gasteiger partial charge in [-0.05, 0) is 18.2 Å². The molecule has 5 heteroatoms. The van der Waals surface area contributed by atoms with Gasteiger partial charge in [-0.25, -0.2) is 4.21 Å². The van der Waals surface area contributed by atoms with Crippen molar-refractivity contribution in [3.8, 4) is 0 Å². The van der Waals surface area contributed by atoms with Crippen molar-refractivity contribution in [2.75, 3.05) is 5.73 Å². The highest BCUT2D eigenvalue weighted by molar-refractivity contribution is 7.79. The van der Waals surface area contributed by atoms with Gasteiger partial charge in [0.1, 0.15) is 0 Å². The number of hydrogen-bond donors (Lipinski definition) is 2. The van der Waals surface area contributed by atoms with Crippen molar-refractivity contribution in [3.05, 3.63) is 23.2 Å². The minimum Gasteiger partial charge on any atom is -0.398 e. The Bertz CT molecular complexity index is 303. The molecule has 0 aromatic heterocycles. The first-order chi connectivity index (χ1) is 5.11. The molecule has 0 heterocycles. The van der Waals surface area contributed by atoms with E-state index in [1.807, 2.05) is 0 Å². The highest BCUT2D eigenvalue weighted by Gasteiger charge is 2.04. The average molecular weight is 192 g/mol. The molecule has 0 saturated carbocycles. The summed E-state index contributed by atoms with van der Waals surface area (Å²) in [5, 5.41) is 0.455. The summed E-state index contributed by atoms with van der Waals surface area (Å²) in [5.74, 6) is 0. The Kier molecular flexibility index (Phi) is 2.49. The van der Waals surface area contributed by atoms with Crippen LogP contribution in [0.15, 0.2) is 23.1 Å². The van der Waals surface area contributed by atoms with E-state index < -0.39 is 11.1 Å². The van der Waals surface area contributed by atoms with Crippen LogP contribution < -0.4 is 5.73 Å². The molecule has 0 aliphatic carbocycles. The third-order valence-corrected chi connectivity index (χ3v) is 2.14. The van der Waals surface area contributed by atoms with E-state index in [1.165, 1.54) is 18.2 Å². The van der Waals surface area contributed by atoms with Gasteiger partial charge in [-0.3, -0.25) is 0 Å². The number of anilines is 1. The molecule has 11 heavy (non-hydrogen) atoms. The standard InChI is InChI=1S/C6H6ClNO2S/c7-4-1-2-6(11(9)10)5(8)3-4/h1-3H,8H2,(H,9,10). The van der Waals surface area contributed by atoms with Crippen LogP contribution in [0.1, 0.15) is 0 Å². The molecule has 1 rings (SSSR count). The highest BCUT2D eigenvalue weighted by Crippen LogP contribution is 2.19. The van der Waals surface area contributed by atoms with Crippen LogP contribution in [0.4, 0.5) is 5.69 Å². The minimum absolute atomic E-state index is 0.189. The summed E-state index contributed by atoms with van der Waals surface area (Å²) < 4.78 is 19.2. The predicted molar refractivity (Wildman–Crippen MR) is 44.9 cm³/mol. The fraction of sp³-hybridized carbons (Fsp3) is 0. The summed E-state index contributed by atoms with van der Waals surface area (Å²) in [7, 11) is 0. The Morgan fingerprint density at radius 3 is 2.64 bits per heavy atom. The summed E-state index contributed by atoms with van der Waals surface area (Å²) in [6, 6.07) is 4.38. The lowest BCUT2D eigenvalue weighted by Crippen LogP contribution is -1.95. The van der Waals surface area contributed by atoms with Gasteiger partial charge in [0.05, 0.1) is 10.6 Å².